The third-order valence-electron chi connectivity index (χ3n) is 4.06. The van der Waals surface area contributed by atoms with Crippen LogP contribution in [0.5, 0.6) is 0 Å². The minimum absolute atomic E-state index is 0.129. The summed E-state index contributed by atoms with van der Waals surface area (Å²) in [6.07, 6.45) is 12.4. The zero-order valence-electron chi connectivity index (χ0n) is 10.5. The fourth-order valence-electron chi connectivity index (χ4n) is 2.98. The van der Waals surface area contributed by atoms with Crippen LogP contribution in [-0.4, -0.2) is 38.3 Å². The fourth-order valence-corrected chi connectivity index (χ4v) is 3.58. The van der Waals surface area contributed by atoms with Crippen molar-refractivity contribution in [2.45, 2.75) is 76.3 Å². The summed E-state index contributed by atoms with van der Waals surface area (Å²) in [6.45, 7) is 0. The first kappa shape index (κ1) is 13.2. The molecule has 0 aromatic rings. The molecule has 2 aliphatic rings. The van der Waals surface area contributed by atoms with Gasteiger partial charge >= 0.3 is 113 Å². The van der Waals surface area contributed by atoms with Crippen LogP contribution in [0.3, 0.4) is 0 Å². The SMILES string of the molecule is O=C(NC1CCCCC1)N([SeH])C1CCCCC1. The second kappa shape index (κ2) is 6.65. The van der Waals surface area contributed by atoms with E-state index in [1.54, 1.807) is 0 Å². The quantitative estimate of drug-likeness (QED) is 0.781. The van der Waals surface area contributed by atoms with Crippen molar-refractivity contribution in [3.8, 4) is 0 Å². The Morgan fingerprint density at radius 1 is 0.941 bits per heavy atom. The van der Waals surface area contributed by atoms with E-state index in [1.165, 1.54) is 51.4 Å². The zero-order valence-corrected chi connectivity index (χ0v) is 12.4. The van der Waals surface area contributed by atoms with E-state index in [1.807, 2.05) is 3.92 Å². The summed E-state index contributed by atoms with van der Waals surface area (Å²) >= 11 is 2.46. The van der Waals surface area contributed by atoms with Crippen LogP contribution in [0.4, 0.5) is 4.79 Å². The van der Waals surface area contributed by atoms with Gasteiger partial charge in [-0.05, 0) is 0 Å². The Balaban J connectivity index is 1.77. The Labute approximate surface area is 113 Å². The van der Waals surface area contributed by atoms with Gasteiger partial charge in [-0.2, -0.15) is 0 Å². The molecular formula is C13H24N2OSe. The van der Waals surface area contributed by atoms with Crippen LogP contribution in [0.1, 0.15) is 64.2 Å². The van der Waals surface area contributed by atoms with Gasteiger partial charge in [0.15, 0.2) is 0 Å². The van der Waals surface area contributed by atoms with Crippen LogP contribution in [0.25, 0.3) is 0 Å². The molecule has 2 rings (SSSR count). The minimum atomic E-state index is 0.129. The molecular weight excluding hydrogens is 279 g/mol. The van der Waals surface area contributed by atoms with E-state index >= 15 is 0 Å². The third-order valence-corrected chi connectivity index (χ3v) is 5.13. The number of carbonyl (C=O) groups excluding carboxylic acids is 1. The molecule has 2 saturated carbocycles. The van der Waals surface area contributed by atoms with Crippen molar-refractivity contribution in [2.24, 2.45) is 0 Å². The number of rotatable bonds is 2. The standard InChI is InChI=1S/C13H24N2OSe/c16-13(14-11-7-3-1-4-8-11)15(17)12-9-5-2-6-10-12/h11-12,17H,1-10H2,(H,14,16). The van der Waals surface area contributed by atoms with Crippen LogP contribution < -0.4 is 5.32 Å². The summed E-state index contributed by atoms with van der Waals surface area (Å²) in [5.41, 5.74) is 0. The number of hydrogen-bond acceptors (Lipinski definition) is 1. The summed E-state index contributed by atoms with van der Waals surface area (Å²) in [5, 5.41) is 3.19. The molecule has 0 bridgehead atoms. The van der Waals surface area contributed by atoms with E-state index in [2.05, 4.69) is 21.5 Å². The maximum absolute atomic E-state index is 12.1. The van der Waals surface area contributed by atoms with Crippen molar-refractivity contribution in [3.05, 3.63) is 0 Å². The molecule has 0 spiro atoms. The van der Waals surface area contributed by atoms with E-state index in [0.29, 0.717) is 12.1 Å². The summed E-state index contributed by atoms with van der Waals surface area (Å²) in [6, 6.07) is 1.00. The predicted molar refractivity (Wildman–Crippen MR) is 71.3 cm³/mol. The number of nitrogens with zero attached hydrogens (tertiary/aromatic N) is 1. The van der Waals surface area contributed by atoms with Crippen molar-refractivity contribution in [1.82, 2.24) is 9.23 Å². The topological polar surface area (TPSA) is 32.3 Å². The van der Waals surface area contributed by atoms with Gasteiger partial charge in [0, 0.05) is 0 Å². The Bertz CT molecular complexity index is 248. The molecule has 0 saturated heterocycles. The number of amides is 2. The number of hydrogen-bond donors (Lipinski definition) is 1. The van der Waals surface area contributed by atoms with Gasteiger partial charge in [0.05, 0.1) is 0 Å². The van der Waals surface area contributed by atoms with E-state index < -0.39 is 0 Å². The summed E-state index contributed by atoms with van der Waals surface area (Å²) < 4.78 is 1.89. The Morgan fingerprint density at radius 2 is 1.47 bits per heavy atom. The van der Waals surface area contributed by atoms with Crippen LogP contribution >= 0.6 is 0 Å². The molecule has 1 N–H and O–H groups in total. The van der Waals surface area contributed by atoms with Crippen molar-refractivity contribution in [3.63, 3.8) is 0 Å². The van der Waals surface area contributed by atoms with Gasteiger partial charge in [0.1, 0.15) is 0 Å². The maximum atomic E-state index is 12.1. The molecule has 0 unspecified atom stereocenters. The van der Waals surface area contributed by atoms with Gasteiger partial charge in [-0.3, -0.25) is 0 Å². The molecule has 0 aromatic carbocycles. The molecule has 0 radical (unpaired) electrons. The van der Waals surface area contributed by atoms with E-state index in [0.717, 1.165) is 12.8 Å². The number of carbonyl (C=O) groups is 1. The Hall–Kier alpha value is -0.211. The monoisotopic (exact) mass is 304 g/mol. The van der Waals surface area contributed by atoms with E-state index in [-0.39, 0.29) is 6.03 Å². The predicted octanol–water partition coefficient (Wildman–Crippen LogP) is 2.48. The molecule has 0 atom stereocenters. The van der Waals surface area contributed by atoms with Crippen LogP contribution in [0, 0.1) is 0 Å². The first-order valence-corrected chi connectivity index (χ1v) is 7.90. The second-order valence-corrected chi connectivity index (χ2v) is 6.32. The first-order chi connectivity index (χ1) is 8.27. The summed E-state index contributed by atoms with van der Waals surface area (Å²) in [5.74, 6) is 0. The number of urea groups is 1. The van der Waals surface area contributed by atoms with E-state index in [9.17, 15) is 4.79 Å². The van der Waals surface area contributed by atoms with Gasteiger partial charge in [0.25, 0.3) is 0 Å². The third kappa shape index (κ3) is 3.89. The molecule has 0 aliphatic heterocycles. The average molecular weight is 303 g/mol. The van der Waals surface area contributed by atoms with E-state index in [4.69, 9.17) is 0 Å². The number of nitrogens with one attached hydrogen (secondary N) is 1. The van der Waals surface area contributed by atoms with Gasteiger partial charge < -0.3 is 0 Å². The van der Waals surface area contributed by atoms with Gasteiger partial charge in [-0.15, -0.1) is 0 Å². The first-order valence-electron chi connectivity index (χ1n) is 7.06. The van der Waals surface area contributed by atoms with Crippen LogP contribution in [0.15, 0.2) is 0 Å². The van der Waals surface area contributed by atoms with Crippen LogP contribution in [-0.2, 0) is 0 Å². The second-order valence-electron chi connectivity index (χ2n) is 5.42. The summed E-state index contributed by atoms with van der Waals surface area (Å²) in [4.78, 5) is 12.1. The van der Waals surface area contributed by atoms with Gasteiger partial charge in [0.2, 0.25) is 0 Å². The molecule has 0 aromatic heterocycles. The molecule has 2 aliphatic carbocycles. The zero-order chi connectivity index (χ0) is 12.1. The Morgan fingerprint density at radius 3 is 2.06 bits per heavy atom. The molecule has 2 fully saturated rings. The normalized spacial score (nSPS) is 23.4. The van der Waals surface area contributed by atoms with Crippen molar-refractivity contribution < 1.29 is 4.79 Å². The van der Waals surface area contributed by atoms with Crippen LogP contribution in [0.2, 0.25) is 0 Å². The molecule has 2 amide bonds. The fraction of sp³-hybridized carbons (Fsp3) is 0.923. The van der Waals surface area contributed by atoms with Crippen molar-refractivity contribution in [2.75, 3.05) is 0 Å². The Kier molecular flexibility index (Phi) is 5.17. The molecule has 17 heavy (non-hydrogen) atoms. The summed E-state index contributed by atoms with van der Waals surface area (Å²) in [7, 11) is 0. The van der Waals surface area contributed by atoms with Gasteiger partial charge in [-0.1, -0.05) is 0 Å². The van der Waals surface area contributed by atoms with Crippen molar-refractivity contribution >= 4 is 22.3 Å². The average Bonchev–Trinajstić information content (AvgIpc) is 2.40. The molecule has 4 heteroatoms. The van der Waals surface area contributed by atoms with Crippen molar-refractivity contribution in [1.29, 1.82) is 0 Å². The molecule has 3 nitrogen and oxygen atoms in total. The van der Waals surface area contributed by atoms with Gasteiger partial charge in [-0.25, -0.2) is 0 Å². The molecule has 98 valence electrons. The molecule has 0 heterocycles.